The number of nitrogens with zero attached hydrogens (tertiary/aromatic N) is 2. The van der Waals surface area contributed by atoms with Crippen LogP contribution in [0.5, 0.6) is 0 Å². The molecule has 1 unspecified atom stereocenters. The number of nitrogens with two attached hydrogens (primary N) is 1. The van der Waals surface area contributed by atoms with Crippen molar-refractivity contribution in [3.05, 3.63) is 0 Å². The average Bonchev–Trinajstić information content (AvgIpc) is 2.17. The van der Waals surface area contributed by atoms with Crippen molar-refractivity contribution in [3.8, 4) is 0 Å². The lowest BCUT2D eigenvalue weighted by Gasteiger charge is -2.19. The fourth-order valence-electron chi connectivity index (χ4n) is 0.987. The third-order valence-corrected chi connectivity index (χ3v) is 2.62. The molecule has 1 atom stereocenters. The molecule has 0 amide bonds. The Hall–Kier alpha value is -0.770. The molecule has 4 nitrogen and oxygen atoms in total. The van der Waals surface area contributed by atoms with E-state index in [1.807, 2.05) is 0 Å². The van der Waals surface area contributed by atoms with Gasteiger partial charge >= 0.3 is 0 Å². The van der Waals surface area contributed by atoms with Crippen molar-refractivity contribution in [2.75, 3.05) is 20.1 Å². The molecule has 0 bridgehead atoms. The first-order chi connectivity index (χ1) is 6.97. The first-order valence-electron chi connectivity index (χ1n) is 5.74. The minimum Gasteiger partial charge on any atom is -0.370 e. The maximum Gasteiger partial charge on any atom is 0.188 e. The minimum absolute atomic E-state index is 0.400. The van der Waals surface area contributed by atoms with Gasteiger partial charge in [0.05, 0.1) is 6.54 Å². The van der Waals surface area contributed by atoms with Crippen LogP contribution < -0.4 is 11.1 Å². The van der Waals surface area contributed by atoms with Crippen molar-refractivity contribution < 1.29 is 0 Å². The van der Waals surface area contributed by atoms with Gasteiger partial charge in [0.25, 0.3) is 0 Å². The molecule has 0 spiro atoms. The van der Waals surface area contributed by atoms with Crippen molar-refractivity contribution in [1.29, 1.82) is 0 Å². The van der Waals surface area contributed by atoms with E-state index in [0.717, 1.165) is 19.5 Å². The van der Waals surface area contributed by atoms with Crippen molar-refractivity contribution >= 4 is 5.96 Å². The van der Waals surface area contributed by atoms with Crippen LogP contribution in [0.15, 0.2) is 4.99 Å². The Kier molecular flexibility index (Phi) is 7.13. The van der Waals surface area contributed by atoms with Gasteiger partial charge in [-0.3, -0.25) is 4.99 Å². The highest BCUT2D eigenvalue weighted by Gasteiger charge is 2.02. The van der Waals surface area contributed by atoms with E-state index >= 15 is 0 Å². The number of aliphatic imine (C=N–C) groups is 1. The number of guanidine groups is 1. The van der Waals surface area contributed by atoms with Gasteiger partial charge < -0.3 is 16.0 Å². The van der Waals surface area contributed by atoms with Gasteiger partial charge in [0.15, 0.2) is 5.96 Å². The smallest absolute Gasteiger partial charge is 0.188 e. The van der Waals surface area contributed by atoms with E-state index in [0.29, 0.717) is 18.0 Å². The molecule has 3 N–H and O–H groups in total. The Morgan fingerprint density at radius 3 is 2.47 bits per heavy atom. The second kappa shape index (κ2) is 7.51. The Morgan fingerprint density at radius 1 is 1.40 bits per heavy atom. The number of likely N-dealkylation sites (N-methyl/N-ethyl adjacent to an activating group) is 1. The van der Waals surface area contributed by atoms with Crippen LogP contribution in [0.4, 0.5) is 0 Å². The summed E-state index contributed by atoms with van der Waals surface area (Å²) in [6.07, 6.45) is 1.06. The van der Waals surface area contributed by atoms with Gasteiger partial charge in [-0.2, -0.15) is 0 Å². The molecule has 0 radical (unpaired) electrons. The average molecular weight is 214 g/mol. The summed E-state index contributed by atoms with van der Waals surface area (Å²) in [5.74, 6) is 0.557. The van der Waals surface area contributed by atoms with Gasteiger partial charge in [0.2, 0.25) is 0 Å². The van der Waals surface area contributed by atoms with Crippen LogP contribution in [0.2, 0.25) is 0 Å². The number of nitrogens with one attached hydrogen (secondary N) is 1. The van der Waals surface area contributed by atoms with Crippen LogP contribution in [0.25, 0.3) is 0 Å². The summed E-state index contributed by atoms with van der Waals surface area (Å²) in [4.78, 5) is 6.53. The molecular weight excluding hydrogens is 188 g/mol. The molecule has 0 aliphatic heterocycles. The summed E-state index contributed by atoms with van der Waals surface area (Å²) >= 11 is 0. The second-order valence-electron chi connectivity index (χ2n) is 4.29. The molecule has 90 valence electrons. The molecule has 0 aromatic heterocycles. The van der Waals surface area contributed by atoms with Crippen LogP contribution in [0.3, 0.4) is 0 Å². The Bertz CT molecular complexity index is 189. The van der Waals surface area contributed by atoms with E-state index in [-0.39, 0.29) is 0 Å². The topological polar surface area (TPSA) is 53.6 Å². The largest absolute Gasteiger partial charge is 0.370 e. The first-order valence-corrected chi connectivity index (χ1v) is 5.74. The Labute approximate surface area is 93.9 Å². The van der Waals surface area contributed by atoms with Crippen LogP contribution in [0.1, 0.15) is 34.1 Å². The van der Waals surface area contributed by atoms with E-state index in [4.69, 9.17) is 5.73 Å². The van der Waals surface area contributed by atoms with Crippen LogP contribution in [-0.2, 0) is 0 Å². The van der Waals surface area contributed by atoms with Crippen molar-refractivity contribution in [1.82, 2.24) is 10.2 Å². The number of rotatable bonds is 6. The summed E-state index contributed by atoms with van der Waals surface area (Å²) in [6.45, 7) is 10.3. The fourth-order valence-corrected chi connectivity index (χ4v) is 0.987. The summed E-state index contributed by atoms with van der Waals surface area (Å²) in [5.41, 5.74) is 5.73. The third kappa shape index (κ3) is 7.19. The van der Waals surface area contributed by atoms with E-state index in [2.05, 4.69) is 50.0 Å². The zero-order valence-corrected chi connectivity index (χ0v) is 10.7. The van der Waals surface area contributed by atoms with Gasteiger partial charge in [-0.05, 0) is 34.2 Å². The van der Waals surface area contributed by atoms with Crippen LogP contribution >= 0.6 is 0 Å². The summed E-state index contributed by atoms with van der Waals surface area (Å²) in [5, 5.41) is 3.14. The minimum atomic E-state index is 0.400. The number of hydrogen-bond acceptors (Lipinski definition) is 2. The summed E-state index contributed by atoms with van der Waals surface area (Å²) in [7, 11) is 2.10. The molecule has 15 heavy (non-hydrogen) atoms. The van der Waals surface area contributed by atoms with E-state index in [1.165, 1.54) is 0 Å². The lowest BCUT2D eigenvalue weighted by Crippen LogP contribution is -2.38. The molecule has 0 rings (SSSR count). The van der Waals surface area contributed by atoms with Crippen LogP contribution in [-0.4, -0.2) is 43.1 Å². The molecular formula is C11H26N4. The van der Waals surface area contributed by atoms with Crippen molar-refractivity contribution in [2.24, 2.45) is 10.7 Å². The van der Waals surface area contributed by atoms with Gasteiger partial charge in [0, 0.05) is 18.6 Å². The zero-order chi connectivity index (χ0) is 11.8. The molecule has 0 aromatic rings. The Morgan fingerprint density at radius 2 is 2.00 bits per heavy atom. The van der Waals surface area contributed by atoms with Crippen molar-refractivity contribution in [3.63, 3.8) is 0 Å². The molecule has 0 aromatic carbocycles. The molecule has 4 heteroatoms. The molecule has 0 fully saturated rings. The normalized spacial score (nSPS) is 14.7. The Balaban J connectivity index is 3.76. The zero-order valence-electron chi connectivity index (χ0n) is 10.7. The van der Waals surface area contributed by atoms with E-state index < -0.39 is 0 Å². The maximum absolute atomic E-state index is 5.73. The highest BCUT2D eigenvalue weighted by molar-refractivity contribution is 5.78. The van der Waals surface area contributed by atoms with Gasteiger partial charge in [-0.25, -0.2) is 0 Å². The molecule has 0 heterocycles. The maximum atomic E-state index is 5.73. The molecule has 0 saturated heterocycles. The summed E-state index contributed by atoms with van der Waals surface area (Å²) < 4.78 is 0. The van der Waals surface area contributed by atoms with Crippen LogP contribution in [0, 0.1) is 0 Å². The SMILES string of the molecule is CCC(C)NC(N)=NCCN(C)C(C)C. The molecule has 0 aliphatic carbocycles. The van der Waals surface area contributed by atoms with E-state index in [9.17, 15) is 0 Å². The second-order valence-corrected chi connectivity index (χ2v) is 4.29. The van der Waals surface area contributed by atoms with Gasteiger partial charge in [0.1, 0.15) is 0 Å². The third-order valence-electron chi connectivity index (χ3n) is 2.62. The van der Waals surface area contributed by atoms with Gasteiger partial charge in [-0.15, -0.1) is 0 Å². The molecule has 0 aliphatic rings. The lowest BCUT2D eigenvalue weighted by atomic mass is 10.3. The standard InChI is InChI=1S/C11H26N4/c1-6-10(4)14-11(12)13-7-8-15(5)9(2)3/h9-10H,6-8H2,1-5H3,(H3,12,13,14). The highest BCUT2D eigenvalue weighted by Crippen LogP contribution is 1.92. The van der Waals surface area contributed by atoms with Crippen molar-refractivity contribution in [2.45, 2.75) is 46.2 Å². The number of hydrogen-bond donors (Lipinski definition) is 2. The monoisotopic (exact) mass is 214 g/mol. The van der Waals surface area contributed by atoms with Gasteiger partial charge in [-0.1, -0.05) is 6.92 Å². The fraction of sp³-hybridized carbons (Fsp3) is 0.909. The quantitative estimate of drug-likeness (QED) is 0.513. The van der Waals surface area contributed by atoms with E-state index in [1.54, 1.807) is 0 Å². The molecule has 0 saturated carbocycles. The predicted molar refractivity (Wildman–Crippen MR) is 67.1 cm³/mol. The highest BCUT2D eigenvalue weighted by atomic mass is 15.2. The predicted octanol–water partition coefficient (Wildman–Crippen LogP) is 1.03. The lowest BCUT2D eigenvalue weighted by molar-refractivity contribution is 0.282. The summed E-state index contributed by atoms with van der Waals surface area (Å²) in [6, 6.07) is 0.959. The first kappa shape index (κ1) is 14.2.